The van der Waals surface area contributed by atoms with Crippen molar-refractivity contribution < 1.29 is 18.7 Å². The van der Waals surface area contributed by atoms with Crippen LogP contribution in [0.3, 0.4) is 0 Å². The van der Waals surface area contributed by atoms with E-state index in [4.69, 9.17) is 20.8 Å². The maximum Gasteiger partial charge on any atom is 0.375 e. The van der Waals surface area contributed by atoms with Crippen LogP contribution in [0.15, 0.2) is 22.6 Å². The van der Waals surface area contributed by atoms with Crippen LogP contribution < -0.4 is 5.32 Å². The molecule has 2 rings (SSSR count). The topological polar surface area (TPSA) is 92.3 Å². The molecule has 6 nitrogen and oxygen atoms in total. The van der Waals surface area contributed by atoms with Gasteiger partial charge in [0.1, 0.15) is 11.1 Å². The Morgan fingerprint density at radius 3 is 2.58 bits per heavy atom. The van der Waals surface area contributed by atoms with Gasteiger partial charge in [-0.1, -0.05) is 25.4 Å². The van der Waals surface area contributed by atoms with Crippen molar-refractivity contribution in [3.05, 3.63) is 34.5 Å². The summed E-state index contributed by atoms with van der Waals surface area (Å²) in [6.45, 7) is 8.43. The van der Waals surface area contributed by atoms with Crippen LogP contribution in [0.5, 0.6) is 0 Å². The maximum absolute atomic E-state index is 12.4. The molecule has 0 spiro atoms. The number of hydrogen-bond acceptors (Lipinski definition) is 5. The molecule has 7 heteroatoms. The van der Waals surface area contributed by atoms with Gasteiger partial charge in [0.15, 0.2) is 6.10 Å². The maximum atomic E-state index is 12.4. The first-order valence-corrected chi connectivity index (χ1v) is 8.59. The first-order chi connectivity index (χ1) is 12.1. The molecule has 0 fully saturated rings. The predicted octanol–water partition coefficient (Wildman–Crippen LogP) is 3.99. The lowest BCUT2D eigenvalue weighted by Gasteiger charge is -2.28. The van der Waals surface area contributed by atoms with Crippen molar-refractivity contribution in [1.82, 2.24) is 5.32 Å². The summed E-state index contributed by atoms with van der Waals surface area (Å²) in [5, 5.41) is 13.1. The SMILES string of the molecule is Cc1c(C(=O)OC(C)C(=O)NC(C)(C#N)C(C)C)oc2ccc(Cl)cc12. The number of furan rings is 1. The Morgan fingerprint density at radius 2 is 2.00 bits per heavy atom. The van der Waals surface area contributed by atoms with Crippen molar-refractivity contribution in [2.75, 3.05) is 0 Å². The van der Waals surface area contributed by atoms with Gasteiger partial charge < -0.3 is 14.5 Å². The van der Waals surface area contributed by atoms with E-state index in [-0.39, 0.29) is 11.7 Å². The monoisotopic (exact) mass is 376 g/mol. The van der Waals surface area contributed by atoms with Gasteiger partial charge in [-0.3, -0.25) is 4.79 Å². The summed E-state index contributed by atoms with van der Waals surface area (Å²) in [7, 11) is 0. The van der Waals surface area contributed by atoms with Crippen molar-refractivity contribution in [3.8, 4) is 6.07 Å². The molecule has 1 amide bonds. The average molecular weight is 377 g/mol. The molecular weight excluding hydrogens is 356 g/mol. The van der Waals surface area contributed by atoms with Crippen molar-refractivity contribution in [2.24, 2.45) is 5.92 Å². The third kappa shape index (κ3) is 3.83. The number of fused-ring (bicyclic) bond motifs is 1. The van der Waals surface area contributed by atoms with Crippen LogP contribution in [-0.4, -0.2) is 23.5 Å². The minimum atomic E-state index is -1.08. The molecule has 0 aliphatic heterocycles. The van der Waals surface area contributed by atoms with Crippen LogP contribution in [0.1, 0.15) is 43.8 Å². The van der Waals surface area contributed by atoms with Crippen molar-refractivity contribution in [2.45, 2.75) is 46.3 Å². The molecule has 2 aromatic rings. The number of ether oxygens (including phenoxy) is 1. The standard InChI is InChI=1S/C19H21ClN2O4/c1-10(2)19(5,9-21)22-17(23)12(4)25-18(24)16-11(3)14-8-13(20)6-7-15(14)26-16/h6-8,10,12H,1-5H3,(H,22,23). The van der Waals surface area contributed by atoms with Crippen molar-refractivity contribution in [1.29, 1.82) is 5.26 Å². The summed E-state index contributed by atoms with van der Waals surface area (Å²) in [4.78, 5) is 24.7. The van der Waals surface area contributed by atoms with Crippen LogP contribution in [-0.2, 0) is 9.53 Å². The fraction of sp³-hybridized carbons (Fsp3) is 0.421. The second-order valence-electron chi connectivity index (χ2n) is 6.70. The van der Waals surface area contributed by atoms with E-state index < -0.39 is 23.5 Å². The van der Waals surface area contributed by atoms with Gasteiger partial charge in [-0.25, -0.2) is 4.79 Å². The highest BCUT2D eigenvalue weighted by Gasteiger charge is 2.33. The third-order valence-corrected chi connectivity index (χ3v) is 4.74. The first-order valence-electron chi connectivity index (χ1n) is 8.22. The zero-order chi connectivity index (χ0) is 19.6. The quantitative estimate of drug-likeness (QED) is 0.796. The van der Waals surface area contributed by atoms with Crippen LogP contribution in [0.25, 0.3) is 11.0 Å². The van der Waals surface area contributed by atoms with E-state index >= 15 is 0 Å². The van der Waals surface area contributed by atoms with Crippen LogP contribution in [0.2, 0.25) is 5.02 Å². The second-order valence-corrected chi connectivity index (χ2v) is 7.14. The molecule has 0 aliphatic carbocycles. The van der Waals surface area contributed by atoms with Gasteiger partial charge >= 0.3 is 5.97 Å². The second kappa shape index (κ2) is 7.38. The fourth-order valence-electron chi connectivity index (χ4n) is 2.31. The number of nitrogens with zero attached hydrogens (tertiary/aromatic N) is 1. The molecule has 1 N–H and O–H groups in total. The van der Waals surface area contributed by atoms with Crippen LogP contribution in [0.4, 0.5) is 0 Å². The first kappa shape index (κ1) is 19.8. The number of carbonyl (C=O) groups excluding carboxylic acids is 2. The minimum Gasteiger partial charge on any atom is -0.449 e. The number of hydrogen-bond donors (Lipinski definition) is 1. The minimum absolute atomic E-state index is 0.0221. The van der Waals surface area contributed by atoms with Crippen molar-refractivity contribution in [3.63, 3.8) is 0 Å². The highest BCUT2D eigenvalue weighted by atomic mass is 35.5. The van der Waals surface area contributed by atoms with Crippen molar-refractivity contribution >= 4 is 34.4 Å². The van der Waals surface area contributed by atoms with E-state index in [1.165, 1.54) is 6.92 Å². The molecule has 2 atom stereocenters. The third-order valence-electron chi connectivity index (χ3n) is 4.51. The van der Waals surface area contributed by atoms with Gasteiger partial charge in [-0.2, -0.15) is 5.26 Å². The predicted molar refractivity (Wildman–Crippen MR) is 97.8 cm³/mol. The normalized spacial score (nSPS) is 14.5. The van der Waals surface area contributed by atoms with Gasteiger partial charge in [0.2, 0.25) is 5.76 Å². The Kier molecular flexibility index (Phi) is 5.62. The van der Waals surface area contributed by atoms with Gasteiger partial charge in [-0.05, 0) is 44.9 Å². The number of amides is 1. The summed E-state index contributed by atoms with van der Waals surface area (Å²) >= 11 is 5.97. The number of nitrogens with one attached hydrogen (secondary N) is 1. The van der Waals surface area contributed by atoms with E-state index in [9.17, 15) is 14.9 Å². The highest BCUT2D eigenvalue weighted by molar-refractivity contribution is 6.31. The molecule has 0 radical (unpaired) electrons. The van der Waals surface area contributed by atoms with E-state index in [0.29, 0.717) is 21.6 Å². The fourth-order valence-corrected chi connectivity index (χ4v) is 2.49. The number of rotatable bonds is 5. The average Bonchev–Trinajstić information content (AvgIpc) is 2.91. The van der Waals surface area contributed by atoms with E-state index in [1.807, 2.05) is 13.8 Å². The van der Waals surface area contributed by atoms with Crippen LogP contribution in [0, 0.1) is 24.2 Å². The summed E-state index contributed by atoms with van der Waals surface area (Å²) < 4.78 is 10.8. The molecular formula is C19H21ClN2O4. The molecule has 0 aliphatic rings. The van der Waals surface area contributed by atoms with Gasteiger partial charge in [0, 0.05) is 16.0 Å². The number of aryl methyl sites for hydroxylation is 1. The Balaban J connectivity index is 2.16. The molecule has 1 aromatic heterocycles. The zero-order valence-electron chi connectivity index (χ0n) is 15.3. The zero-order valence-corrected chi connectivity index (χ0v) is 16.1. The number of benzene rings is 1. The summed E-state index contributed by atoms with van der Waals surface area (Å²) in [5.41, 5.74) is 0.0426. The molecule has 0 saturated heterocycles. The van der Waals surface area contributed by atoms with Gasteiger partial charge in [0.25, 0.3) is 5.91 Å². The largest absolute Gasteiger partial charge is 0.449 e. The molecule has 2 unspecified atom stereocenters. The smallest absolute Gasteiger partial charge is 0.375 e. The number of nitriles is 1. The van der Waals surface area contributed by atoms with Gasteiger partial charge in [0.05, 0.1) is 6.07 Å². The Labute approximate surface area is 157 Å². The Morgan fingerprint density at radius 1 is 1.35 bits per heavy atom. The Bertz CT molecular complexity index is 897. The number of halogens is 1. The lowest BCUT2D eigenvalue weighted by Crippen LogP contribution is -2.52. The van der Waals surface area contributed by atoms with E-state index in [1.54, 1.807) is 32.0 Å². The molecule has 26 heavy (non-hydrogen) atoms. The molecule has 0 bridgehead atoms. The molecule has 0 saturated carbocycles. The lowest BCUT2D eigenvalue weighted by molar-refractivity contribution is -0.130. The van der Waals surface area contributed by atoms with Gasteiger partial charge in [-0.15, -0.1) is 0 Å². The van der Waals surface area contributed by atoms with E-state index in [2.05, 4.69) is 11.4 Å². The highest BCUT2D eigenvalue weighted by Crippen LogP contribution is 2.28. The summed E-state index contributed by atoms with van der Waals surface area (Å²) in [6, 6.07) is 7.10. The molecule has 138 valence electrons. The molecule has 1 aromatic carbocycles. The summed E-state index contributed by atoms with van der Waals surface area (Å²) in [6.07, 6.45) is -1.08. The number of carbonyl (C=O) groups is 2. The lowest BCUT2D eigenvalue weighted by atomic mass is 9.90. The number of esters is 1. The summed E-state index contributed by atoms with van der Waals surface area (Å²) in [5.74, 6) is -1.39. The van der Waals surface area contributed by atoms with E-state index in [0.717, 1.165) is 0 Å². The van der Waals surface area contributed by atoms with Crippen LogP contribution >= 0.6 is 11.6 Å². The molecule has 1 heterocycles. The Hall–Kier alpha value is -2.52.